The van der Waals surface area contributed by atoms with E-state index in [1.165, 1.54) is 12.3 Å². The lowest BCUT2D eigenvalue weighted by atomic mass is 10.3. The van der Waals surface area contributed by atoms with E-state index >= 15 is 0 Å². The Labute approximate surface area is 138 Å². The molecule has 0 saturated carbocycles. The van der Waals surface area contributed by atoms with Gasteiger partial charge in [-0.2, -0.15) is 13.2 Å². The van der Waals surface area contributed by atoms with E-state index in [4.69, 9.17) is 9.15 Å². The van der Waals surface area contributed by atoms with E-state index in [9.17, 15) is 18.0 Å². The molecular formula is C15H22F3N3O3. The largest absolute Gasteiger partial charge is 0.467 e. The second kappa shape index (κ2) is 8.50. The molecule has 0 bridgehead atoms. The molecule has 0 unspecified atom stereocenters. The molecule has 1 saturated heterocycles. The molecule has 1 fully saturated rings. The number of alkyl halides is 3. The van der Waals surface area contributed by atoms with Crippen LogP contribution in [0.2, 0.25) is 0 Å². The minimum Gasteiger partial charge on any atom is -0.467 e. The summed E-state index contributed by atoms with van der Waals surface area (Å²) in [5.74, 6) is -0.322. The second-order valence-corrected chi connectivity index (χ2v) is 5.83. The highest BCUT2D eigenvalue weighted by atomic mass is 19.4. The molecule has 0 aliphatic carbocycles. The number of hydrogen-bond acceptors (Lipinski definition) is 5. The number of hydrogen-bond donors (Lipinski definition) is 1. The van der Waals surface area contributed by atoms with Crippen LogP contribution in [0.3, 0.4) is 0 Å². The van der Waals surface area contributed by atoms with Gasteiger partial charge in [-0.15, -0.1) is 0 Å². The highest BCUT2D eigenvalue weighted by Gasteiger charge is 2.33. The first-order chi connectivity index (χ1) is 11.3. The lowest BCUT2D eigenvalue weighted by Gasteiger charge is -2.30. The minimum atomic E-state index is -4.46. The Morgan fingerprint density at radius 3 is 2.92 bits per heavy atom. The van der Waals surface area contributed by atoms with E-state index in [1.807, 2.05) is 7.05 Å². The van der Waals surface area contributed by atoms with Crippen LogP contribution in [-0.2, 0) is 16.1 Å². The fourth-order valence-electron chi connectivity index (χ4n) is 2.48. The summed E-state index contributed by atoms with van der Waals surface area (Å²) < 4.78 is 48.6. The summed E-state index contributed by atoms with van der Waals surface area (Å²) in [5.41, 5.74) is 0. The van der Waals surface area contributed by atoms with Crippen molar-refractivity contribution in [2.24, 2.45) is 0 Å². The number of nitrogens with one attached hydrogen (secondary N) is 1. The topological polar surface area (TPSA) is 58.0 Å². The molecule has 1 aliphatic heterocycles. The third-order valence-electron chi connectivity index (χ3n) is 3.64. The molecule has 24 heavy (non-hydrogen) atoms. The molecule has 1 atom stereocenters. The Balaban J connectivity index is 1.82. The molecule has 2 rings (SSSR count). The van der Waals surface area contributed by atoms with Gasteiger partial charge in [-0.05, 0) is 19.2 Å². The number of ether oxygens (including phenoxy) is 1. The van der Waals surface area contributed by atoms with Gasteiger partial charge in [-0.25, -0.2) is 0 Å². The Bertz CT molecular complexity index is 508. The van der Waals surface area contributed by atoms with Gasteiger partial charge in [0.05, 0.1) is 32.1 Å². The smallest absolute Gasteiger partial charge is 0.406 e. The Kier molecular flexibility index (Phi) is 6.64. The summed E-state index contributed by atoms with van der Waals surface area (Å²) in [4.78, 5) is 15.0. The summed E-state index contributed by atoms with van der Waals surface area (Å²) in [6, 6.07) is 3.11. The van der Waals surface area contributed by atoms with Crippen LogP contribution in [0.25, 0.3) is 0 Å². The van der Waals surface area contributed by atoms with Crippen LogP contribution >= 0.6 is 0 Å². The van der Waals surface area contributed by atoms with E-state index in [0.29, 0.717) is 18.9 Å². The van der Waals surface area contributed by atoms with Gasteiger partial charge in [0.25, 0.3) is 0 Å². The molecular weight excluding hydrogens is 327 g/mol. The van der Waals surface area contributed by atoms with Gasteiger partial charge < -0.3 is 24.3 Å². The molecule has 9 heteroatoms. The standard InChI is InChI=1S/C15H22F3N3O3/c1-20-4-6-24-13(9-20)7-19-8-14(22)21(11-15(16,17)18)10-12-3-2-5-23-12/h2-3,5,13,19H,4,6-11H2,1H3/t13-/m0/s1. The Morgan fingerprint density at radius 1 is 1.50 bits per heavy atom. The number of morpholine rings is 1. The van der Waals surface area contributed by atoms with E-state index in [2.05, 4.69) is 10.2 Å². The van der Waals surface area contributed by atoms with Crippen molar-refractivity contribution in [3.63, 3.8) is 0 Å². The first-order valence-electron chi connectivity index (χ1n) is 7.71. The maximum Gasteiger partial charge on any atom is 0.406 e. The Hall–Kier alpha value is -1.58. The monoisotopic (exact) mass is 349 g/mol. The minimum absolute atomic E-state index is 0.0716. The number of rotatable bonds is 7. The quantitative estimate of drug-likeness (QED) is 0.799. The molecule has 1 amide bonds. The van der Waals surface area contributed by atoms with Crippen molar-refractivity contribution >= 4 is 5.91 Å². The molecule has 6 nitrogen and oxygen atoms in total. The van der Waals surface area contributed by atoms with Crippen molar-refractivity contribution in [1.29, 1.82) is 0 Å². The van der Waals surface area contributed by atoms with Crippen molar-refractivity contribution in [3.05, 3.63) is 24.2 Å². The summed E-state index contributed by atoms with van der Waals surface area (Å²) in [5, 5.41) is 2.88. The number of likely N-dealkylation sites (N-methyl/N-ethyl adjacent to an activating group) is 1. The van der Waals surface area contributed by atoms with Gasteiger partial charge in [0, 0.05) is 19.6 Å². The number of furan rings is 1. The molecule has 136 valence electrons. The van der Waals surface area contributed by atoms with Gasteiger partial charge in [0.1, 0.15) is 12.3 Å². The van der Waals surface area contributed by atoms with Crippen molar-refractivity contribution < 1.29 is 27.1 Å². The SMILES string of the molecule is CN1CCO[C@@H](CNCC(=O)N(Cc2ccco2)CC(F)(F)F)C1. The van der Waals surface area contributed by atoms with Crippen molar-refractivity contribution in [2.45, 2.75) is 18.8 Å². The van der Waals surface area contributed by atoms with Gasteiger partial charge in [-0.3, -0.25) is 4.79 Å². The third-order valence-corrected chi connectivity index (χ3v) is 3.64. The highest BCUT2D eigenvalue weighted by Crippen LogP contribution is 2.18. The van der Waals surface area contributed by atoms with Crippen molar-refractivity contribution in [1.82, 2.24) is 15.1 Å². The van der Waals surface area contributed by atoms with Crippen LogP contribution in [0, 0.1) is 0 Å². The number of nitrogens with zero attached hydrogens (tertiary/aromatic N) is 2. The lowest BCUT2D eigenvalue weighted by molar-refractivity contribution is -0.162. The maximum absolute atomic E-state index is 12.7. The summed E-state index contributed by atoms with van der Waals surface area (Å²) in [6.45, 7) is 0.886. The zero-order valence-electron chi connectivity index (χ0n) is 13.5. The predicted octanol–water partition coefficient (Wildman–Crippen LogP) is 1.09. The van der Waals surface area contributed by atoms with Crippen molar-refractivity contribution in [2.75, 3.05) is 46.4 Å². The van der Waals surface area contributed by atoms with Crippen LogP contribution in [0.5, 0.6) is 0 Å². The maximum atomic E-state index is 12.7. The van der Waals surface area contributed by atoms with Gasteiger partial charge in [-0.1, -0.05) is 0 Å². The van der Waals surface area contributed by atoms with Crippen LogP contribution < -0.4 is 5.32 Å². The van der Waals surface area contributed by atoms with Crippen LogP contribution in [0.1, 0.15) is 5.76 Å². The molecule has 0 radical (unpaired) electrons. The van der Waals surface area contributed by atoms with Crippen LogP contribution in [0.15, 0.2) is 22.8 Å². The average Bonchev–Trinajstić information content (AvgIpc) is 2.98. The van der Waals surface area contributed by atoms with Crippen LogP contribution in [-0.4, -0.2) is 74.4 Å². The number of halogens is 3. The third kappa shape index (κ3) is 6.50. The zero-order chi connectivity index (χ0) is 17.6. The fourth-order valence-corrected chi connectivity index (χ4v) is 2.48. The normalized spacial score (nSPS) is 19.4. The molecule has 0 spiro atoms. The average molecular weight is 349 g/mol. The molecule has 1 aromatic rings. The fraction of sp³-hybridized carbons (Fsp3) is 0.667. The molecule has 2 heterocycles. The second-order valence-electron chi connectivity index (χ2n) is 5.83. The molecule has 1 aromatic heterocycles. The predicted molar refractivity (Wildman–Crippen MR) is 80.3 cm³/mol. The first kappa shape index (κ1) is 18.8. The summed E-state index contributed by atoms with van der Waals surface area (Å²) >= 11 is 0. The van der Waals surface area contributed by atoms with Gasteiger partial charge >= 0.3 is 6.18 Å². The zero-order valence-corrected chi connectivity index (χ0v) is 13.5. The van der Waals surface area contributed by atoms with Gasteiger partial charge in [0.2, 0.25) is 5.91 Å². The molecule has 0 aromatic carbocycles. The summed E-state index contributed by atoms with van der Waals surface area (Å²) in [6.07, 6.45) is -3.17. The number of amides is 1. The van der Waals surface area contributed by atoms with E-state index in [-0.39, 0.29) is 19.2 Å². The summed E-state index contributed by atoms with van der Waals surface area (Å²) in [7, 11) is 1.97. The molecule has 1 aliphatic rings. The number of carbonyl (C=O) groups is 1. The van der Waals surface area contributed by atoms with E-state index in [0.717, 1.165) is 18.0 Å². The van der Waals surface area contributed by atoms with E-state index < -0.39 is 18.6 Å². The van der Waals surface area contributed by atoms with Crippen molar-refractivity contribution in [3.8, 4) is 0 Å². The van der Waals surface area contributed by atoms with Crippen LogP contribution in [0.4, 0.5) is 13.2 Å². The first-order valence-corrected chi connectivity index (χ1v) is 7.71. The Morgan fingerprint density at radius 2 is 2.29 bits per heavy atom. The van der Waals surface area contributed by atoms with E-state index in [1.54, 1.807) is 6.07 Å². The highest BCUT2D eigenvalue weighted by molar-refractivity contribution is 5.78. The molecule has 1 N–H and O–H groups in total. The van der Waals surface area contributed by atoms with Gasteiger partial charge in [0.15, 0.2) is 0 Å². The number of carbonyl (C=O) groups excluding carboxylic acids is 1. The lowest BCUT2D eigenvalue weighted by Crippen LogP contribution is -2.47.